The number of carbonyl (C=O) groups is 1. The van der Waals surface area contributed by atoms with Gasteiger partial charge in [0.15, 0.2) is 0 Å². The van der Waals surface area contributed by atoms with Gasteiger partial charge in [-0.3, -0.25) is 4.79 Å². The van der Waals surface area contributed by atoms with E-state index in [0.717, 1.165) is 5.56 Å². The highest BCUT2D eigenvalue weighted by Gasteiger charge is 2.27. The van der Waals surface area contributed by atoms with E-state index in [1.165, 1.54) is 0 Å². The lowest BCUT2D eigenvalue weighted by molar-refractivity contribution is -0.128. The van der Waals surface area contributed by atoms with Gasteiger partial charge in [-0.25, -0.2) is 4.98 Å². The molecule has 0 aromatic carbocycles. The molecule has 15 heavy (non-hydrogen) atoms. The third-order valence-corrected chi connectivity index (χ3v) is 2.78. The van der Waals surface area contributed by atoms with E-state index in [2.05, 4.69) is 4.98 Å². The zero-order chi connectivity index (χ0) is 10.8. The minimum Gasteiger partial charge on any atom is -0.337 e. The standard InChI is InChI=1S/C10H12ClN3O/c11-10-7(2-1-3-13-10)5-14-6-8(12)4-9(14)15/h1-3,8H,4-6,12H2. The van der Waals surface area contributed by atoms with Gasteiger partial charge in [0.25, 0.3) is 0 Å². The van der Waals surface area contributed by atoms with Crippen LogP contribution in [0.5, 0.6) is 0 Å². The minimum atomic E-state index is -0.0482. The van der Waals surface area contributed by atoms with Crippen molar-refractivity contribution in [2.24, 2.45) is 5.73 Å². The summed E-state index contributed by atoms with van der Waals surface area (Å²) >= 11 is 5.91. The number of halogens is 1. The van der Waals surface area contributed by atoms with Crippen molar-refractivity contribution in [3.8, 4) is 0 Å². The molecule has 0 saturated carbocycles. The first-order chi connectivity index (χ1) is 7.16. The molecule has 0 bridgehead atoms. The van der Waals surface area contributed by atoms with Gasteiger partial charge in [0.2, 0.25) is 5.91 Å². The van der Waals surface area contributed by atoms with Gasteiger partial charge in [-0.15, -0.1) is 0 Å². The highest BCUT2D eigenvalue weighted by atomic mass is 35.5. The zero-order valence-electron chi connectivity index (χ0n) is 8.19. The smallest absolute Gasteiger partial charge is 0.224 e. The Morgan fingerprint density at radius 1 is 1.67 bits per heavy atom. The Morgan fingerprint density at radius 2 is 2.47 bits per heavy atom. The van der Waals surface area contributed by atoms with Crippen LogP contribution < -0.4 is 5.73 Å². The van der Waals surface area contributed by atoms with Crippen molar-refractivity contribution in [1.82, 2.24) is 9.88 Å². The zero-order valence-corrected chi connectivity index (χ0v) is 8.94. The van der Waals surface area contributed by atoms with E-state index < -0.39 is 0 Å². The summed E-state index contributed by atoms with van der Waals surface area (Å²) in [6.45, 7) is 1.10. The van der Waals surface area contributed by atoms with Crippen LogP contribution in [0.25, 0.3) is 0 Å². The quantitative estimate of drug-likeness (QED) is 0.758. The molecule has 2 heterocycles. The van der Waals surface area contributed by atoms with Crippen LogP contribution in [0, 0.1) is 0 Å². The molecule has 1 amide bonds. The van der Waals surface area contributed by atoms with E-state index in [-0.39, 0.29) is 11.9 Å². The van der Waals surface area contributed by atoms with Gasteiger partial charge in [-0.2, -0.15) is 0 Å². The van der Waals surface area contributed by atoms with Crippen LogP contribution in [0.1, 0.15) is 12.0 Å². The monoisotopic (exact) mass is 225 g/mol. The lowest BCUT2D eigenvalue weighted by atomic mass is 10.2. The maximum Gasteiger partial charge on any atom is 0.224 e. The Balaban J connectivity index is 2.09. The number of carbonyl (C=O) groups excluding carboxylic acids is 1. The van der Waals surface area contributed by atoms with Gasteiger partial charge in [0.1, 0.15) is 5.15 Å². The summed E-state index contributed by atoms with van der Waals surface area (Å²) in [4.78, 5) is 17.2. The molecule has 2 N–H and O–H groups in total. The Labute approximate surface area is 93.0 Å². The van der Waals surface area contributed by atoms with E-state index >= 15 is 0 Å². The number of hydrogen-bond donors (Lipinski definition) is 1. The minimum absolute atomic E-state index is 0.0482. The average Bonchev–Trinajstić information content (AvgIpc) is 2.49. The predicted molar refractivity (Wildman–Crippen MR) is 57.3 cm³/mol. The van der Waals surface area contributed by atoms with Crippen LogP contribution >= 0.6 is 11.6 Å². The van der Waals surface area contributed by atoms with E-state index in [9.17, 15) is 4.79 Å². The van der Waals surface area contributed by atoms with Crippen molar-refractivity contribution in [1.29, 1.82) is 0 Å². The second-order valence-electron chi connectivity index (χ2n) is 3.69. The summed E-state index contributed by atoms with van der Waals surface area (Å²) in [5, 5.41) is 0.450. The number of nitrogens with zero attached hydrogens (tertiary/aromatic N) is 2. The van der Waals surface area contributed by atoms with E-state index in [4.69, 9.17) is 17.3 Å². The van der Waals surface area contributed by atoms with Crippen LogP contribution in [-0.2, 0) is 11.3 Å². The molecule has 1 aliphatic rings. The molecule has 0 spiro atoms. The number of aromatic nitrogens is 1. The summed E-state index contributed by atoms with van der Waals surface area (Å²) in [7, 11) is 0. The summed E-state index contributed by atoms with van der Waals surface area (Å²) < 4.78 is 0. The van der Waals surface area contributed by atoms with Crippen molar-refractivity contribution >= 4 is 17.5 Å². The van der Waals surface area contributed by atoms with Gasteiger partial charge < -0.3 is 10.6 Å². The number of likely N-dealkylation sites (tertiary alicyclic amines) is 1. The number of amides is 1. The molecule has 1 aromatic heterocycles. The molecule has 80 valence electrons. The van der Waals surface area contributed by atoms with Crippen molar-refractivity contribution in [2.45, 2.75) is 19.0 Å². The second-order valence-corrected chi connectivity index (χ2v) is 4.05. The van der Waals surface area contributed by atoms with Crippen LogP contribution in [0.2, 0.25) is 5.15 Å². The number of pyridine rings is 1. The topological polar surface area (TPSA) is 59.2 Å². The summed E-state index contributed by atoms with van der Waals surface area (Å²) in [6.07, 6.45) is 2.06. The van der Waals surface area contributed by atoms with Crippen LogP contribution in [0.15, 0.2) is 18.3 Å². The first-order valence-electron chi connectivity index (χ1n) is 4.79. The third-order valence-electron chi connectivity index (χ3n) is 2.44. The fourth-order valence-electron chi connectivity index (χ4n) is 1.70. The van der Waals surface area contributed by atoms with Crippen molar-refractivity contribution in [3.63, 3.8) is 0 Å². The molecule has 1 aliphatic heterocycles. The number of hydrogen-bond acceptors (Lipinski definition) is 3. The van der Waals surface area contributed by atoms with Crippen LogP contribution in [-0.4, -0.2) is 28.4 Å². The average molecular weight is 226 g/mol. The Kier molecular flexibility index (Phi) is 2.88. The van der Waals surface area contributed by atoms with Crippen LogP contribution in [0.4, 0.5) is 0 Å². The molecular formula is C10H12ClN3O. The molecule has 1 aromatic rings. The molecule has 4 nitrogen and oxygen atoms in total. The normalized spacial score (nSPS) is 21.1. The summed E-state index contributed by atoms with van der Waals surface area (Å²) in [5.74, 6) is 0.0856. The van der Waals surface area contributed by atoms with Gasteiger partial charge in [-0.1, -0.05) is 17.7 Å². The van der Waals surface area contributed by atoms with Gasteiger partial charge in [0, 0.05) is 37.3 Å². The van der Waals surface area contributed by atoms with E-state index in [1.54, 1.807) is 11.1 Å². The van der Waals surface area contributed by atoms with Gasteiger partial charge >= 0.3 is 0 Å². The maximum atomic E-state index is 11.5. The van der Waals surface area contributed by atoms with Crippen molar-refractivity contribution in [2.75, 3.05) is 6.54 Å². The Bertz CT molecular complexity index is 383. The van der Waals surface area contributed by atoms with Gasteiger partial charge in [0.05, 0.1) is 0 Å². The van der Waals surface area contributed by atoms with Crippen molar-refractivity contribution < 1.29 is 4.79 Å². The molecule has 0 aliphatic carbocycles. The molecule has 1 unspecified atom stereocenters. The fraction of sp³-hybridized carbons (Fsp3) is 0.400. The molecule has 1 atom stereocenters. The third kappa shape index (κ3) is 2.27. The van der Waals surface area contributed by atoms with Crippen molar-refractivity contribution in [3.05, 3.63) is 29.0 Å². The number of rotatable bonds is 2. The molecule has 1 fully saturated rings. The first kappa shape index (κ1) is 10.4. The largest absolute Gasteiger partial charge is 0.337 e. The Hall–Kier alpha value is -1.13. The molecular weight excluding hydrogens is 214 g/mol. The lowest BCUT2D eigenvalue weighted by Gasteiger charge is -2.16. The van der Waals surface area contributed by atoms with E-state index in [0.29, 0.717) is 24.7 Å². The molecule has 2 rings (SSSR count). The highest BCUT2D eigenvalue weighted by Crippen LogP contribution is 2.18. The van der Waals surface area contributed by atoms with E-state index in [1.807, 2.05) is 12.1 Å². The first-order valence-corrected chi connectivity index (χ1v) is 5.17. The lowest BCUT2D eigenvalue weighted by Crippen LogP contribution is -2.27. The summed E-state index contributed by atoms with van der Waals surface area (Å²) in [6, 6.07) is 3.63. The maximum absolute atomic E-state index is 11.5. The summed E-state index contributed by atoms with van der Waals surface area (Å²) in [5.41, 5.74) is 6.56. The highest BCUT2D eigenvalue weighted by molar-refractivity contribution is 6.30. The SMILES string of the molecule is NC1CC(=O)N(Cc2cccnc2Cl)C1. The van der Waals surface area contributed by atoms with Crippen LogP contribution in [0.3, 0.4) is 0 Å². The Morgan fingerprint density at radius 3 is 3.07 bits per heavy atom. The number of nitrogens with two attached hydrogens (primary N) is 1. The predicted octanol–water partition coefficient (Wildman–Crippen LogP) is 0.795. The fourth-order valence-corrected chi connectivity index (χ4v) is 1.88. The molecule has 1 saturated heterocycles. The van der Waals surface area contributed by atoms with Gasteiger partial charge in [-0.05, 0) is 6.07 Å². The molecule has 0 radical (unpaired) electrons. The molecule has 5 heteroatoms. The second kappa shape index (κ2) is 4.16.